The fraction of sp³-hybridized carbons (Fsp3) is 0.333. The lowest BCUT2D eigenvalue weighted by atomic mass is 10.2. The fourth-order valence-corrected chi connectivity index (χ4v) is 2.03. The minimum absolute atomic E-state index is 0.341. The van der Waals surface area contributed by atoms with Gasteiger partial charge in [0.15, 0.2) is 5.82 Å². The Balaban J connectivity index is 2.20. The van der Waals surface area contributed by atoms with Crippen LogP contribution in [0.4, 0.5) is 11.5 Å². The SMILES string of the molecule is CCOCc1nc(Cl)cc(Nc2ccc(OC)cc2C)n1. The molecule has 112 valence electrons. The Hall–Kier alpha value is -1.85. The summed E-state index contributed by atoms with van der Waals surface area (Å²) >= 11 is 6.02. The van der Waals surface area contributed by atoms with Gasteiger partial charge in [-0.25, -0.2) is 9.97 Å². The smallest absolute Gasteiger partial charge is 0.158 e. The number of benzene rings is 1. The monoisotopic (exact) mass is 307 g/mol. The molecule has 1 aromatic heterocycles. The average molecular weight is 308 g/mol. The van der Waals surface area contributed by atoms with Crippen LogP contribution in [0, 0.1) is 6.92 Å². The lowest BCUT2D eigenvalue weighted by molar-refractivity contribution is 0.128. The molecule has 0 atom stereocenters. The van der Waals surface area contributed by atoms with Gasteiger partial charge in [0.1, 0.15) is 23.3 Å². The average Bonchev–Trinajstić information content (AvgIpc) is 2.46. The van der Waals surface area contributed by atoms with Crippen LogP contribution in [0.1, 0.15) is 18.3 Å². The molecule has 6 heteroatoms. The number of halogens is 1. The molecule has 1 aromatic carbocycles. The van der Waals surface area contributed by atoms with Crippen molar-refractivity contribution in [3.63, 3.8) is 0 Å². The predicted molar refractivity (Wildman–Crippen MR) is 83.4 cm³/mol. The summed E-state index contributed by atoms with van der Waals surface area (Å²) in [5, 5.41) is 3.62. The quantitative estimate of drug-likeness (QED) is 0.824. The maximum atomic E-state index is 6.02. The molecule has 0 aliphatic carbocycles. The zero-order valence-electron chi connectivity index (χ0n) is 12.3. The fourth-order valence-electron chi connectivity index (χ4n) is 1.83. The highest BCUT2D eigenvalue weighted by molar-refractivity contribution is 6.29. The molecule has 0 saturated heterocycles. The number of anilines is 2. The Bertz CT molecular complexity index is 620. The van der Waals surface area contributed by atoms with E-state index in [-0.39, 0.29) is 0 Å². The largest absolute Gasteiger partial charge is 0.497 e. The van der Waals surface area contributed by atoms with Gasteiger partial charge < -0.3 is 14.8 Å². The minimum atomic E-state index is 0.341. The first-order valence-electron chi connectivity index (χ1n) is 6.65. The van der Waals surface area contributed by atoms with Gasteiger partial charge in [-0.3, -0.25) is 0 Å². The number of aryl methyl sites for hydroxylation is 1. The Labute approximate surface area is 129 Å². The molecule has 1 N–H and O–H groups in total. The third-order valence-electron chi connectivity index (χ3n) is 2.87. The van der Waals surface area contributed by atoms with Crippen LogP contribution >= 0.6 is 11.6 Å². The number of hydrogen-bond acceptors (Lipinski definition) is 5. The lowest BCUT2D eigenvalue weighted by Crippen LogP contribution is -2.03. The lowest BCUT2D eigenvalue weighted by Gasteiger charge is -2.11. The van der Waals surface area contributed by atoms with Crippen LogP contribution < -0.4 is 10.1 Å². The summed E-state index contributed by atoms with van der Waals surface area (Å²) in [7, 11) is 1.64. The van der Waals surface area contributed by atoms with E-state index in [1.807, 2.05) is 32.0 Å². The van der Waals surface area contributed by atoms with E-state index in [9.17, 15) is 0 Å². The predicted octanol–water partition coefficient (Wildman–Crippen LogP) is 3.73. The van der Waals surface area contributed by atoms with Crippen LogP contribution in [0.2, 0.25) is 5.15 Å². The molecule has 2 rings (SSSR count). The number of methoxy groups -OCH3 is 1. The zero-order chi connectivity index (χ0) is 15.2. The number of rotatable bonds is 6. The summed E-state index contributed by atoms with van der Waals surface area (Å²) in [6.45, 7) is 4.86. The van der Waals surface area contributed by atoms with Gasteiger partial charge in [-0.15, -0.1) is 0 Å². The Morgan fingerprint density at radius 1 is 1.24 bits per heavy atom. The van der Waals surface area contributed by atoms with Crippen LogP contribution in [-0.2, 0) is 11.3 Å². The van der Waals surface area contributed by atoms with Gasteiger partial charge in [0, 0.05) is 18.4 Å². The number of ether oxygens (including phenoxy) is 2. The van der Waals surface area contributed by atoms with Crippen molar-refractivity contribution in [3.05, 3.63) is 40.8 Å². The van der Waals surface area contributed by atoms with Gasteiger partial charge >= 0.3 is 0 Å². The third kappa shape index (κ3) is 4.31. The van der Waals surface area contributed by atoms with Gasteiger partial charge in [-0.05, 0) is 37.6 Å². The minimum Gasteiger partial charge on any atom is -0.497 e. The normalized spacial score (nSPS) is 10.5. The number of nitrogens with one attached hydrogen (secondary N) is 1. The van der Waals surface area contributed by atoms with Gasteiger partial charge in [-0.2, -0.15) is 0 Å². The maximum absolute atomic E-state index is 6.02. The summed E-state index contributed by atoms with van der Waals surface area (Å²) in [4.78, 5) is 8.52. The Kier molecular flexibility index (Phi) is 5.36. The van der Waals surface area contributed by atoms with E-state index in [1.165, 1.54) is 0 Å². The molecule has 0 spiro atoms. The van der Waals surface area contributed by atoms with E-state index in [1.54, 1.807) is 13.2 Å². The first-order chi connectivity index (χ1) is 10.1. The first kappa shape index (κ1) is 15.5. The van der Waals surface area contributed by atoms with Crippen molar-refractivity contribution in [2.75, 3.05) is 19.0 Å². The van der Waals surface area contributed by atoms with Crippen molar-refractivity contribution in [2.45, 2.75) is 20.5 Å². The number of nitrogens with zero attached hydrogens (tertiary/aromatic N) is 2. The molecule has 0 radical (unpaired) electrons. The second-order valence-electron chi connectivity index (χ2n) is 4.44. The summed E-state index contributed by atoms with van der Waals surface area (Å²) in [6, 6.07) is 7.46. The topological polar surface area (TPSA) is 56.3 Å². The molecule has 2 aromatic rings. The van der Waals surface area contributed by atoms with Crippen molar-refractivity contribution in [1.82, 2.24) is 9.97 Å². The summed E-state index contributed by atoms with van der Waals surface area (Å²) in [5.41, 5.74) is 1.99. The van der Waals surface area contributed by atoms with E-state index < -0.39 is 0 Å². The van der Waals surface area contributed by atoms with E-state index in [0.29, 0.717) is 30.0 Å². The molecular weight excluding hydrogens is 290 g/mol. The van der Waals surface area contributed by atoms with Gasteiger partial charge in [-0.1, -0.05) is 11.6 Å². The zero-order valence-corrected chi connectivity index (χ0v) is 13.1. The highest BCUT2D eigenvalue weighted by atomic mass is 35.5. The molecule has 0 aliphatic rings. The Morgan fingerprint density at radius 3 is 2.71 bits per heavy atom. The summed E-state index contributed by atoms with van der Waals surface area (Å²) in [6.07, 6.45) is 0. The second kappa shape index (κ2) is 7.24. The third-order valence-corrected chi connectivity index (χ3v) is 3.07. The Morgan fingerprint density at radius 2 is 2.05 bits per heavy atom. The van der Waals surface area contributed by atoms with Crippen molar-refractivity contribution >= 4 is 23.1 Å². The van der Waals surface area contributed by atoms with Gasteiger partial charge in [0.25, 0.3) is 0 Å². The van der Waals surface area contributed by atoms with Crippen molar-refractivity contribution < 1.29 is 9.47 Å². The molecule has 0 aliphatic heterocycles. The first-order valence-corrected chi connectivity index (χ1v) is 7.03. The van der Waals surface area contributed by atoms with Crippen LogP contribution in [0.3, 0.4) is 0 Å². The van der Waals surface area contributed by atoms with Crippen LogP contribution in [0.15, 0.2) is 24.3 Å². The van der Waals surface area contributed by atoms with E-state index >= 15 is 0 Å². The van der Waals surface area contributed by atoms with Crippen molar-refractivity contribution in [1.29, 1.82) is 0 Å². The molecule has 0 saturated carbocycles. The molecular formula is C15H18ClN3O2. The van der Waals surface area contributed by atoms with E-state index in [0.717, 1.165) is 17.0 Å². The van der Waals surface area contributed by atoms with E-state index in [4.69, 9.17) is 21.1 Å². The standard InChI is InChI=1S/C15H18ClN3O2/c1-4-21-9-15-18-13(16)8-14(19-15)17-12-6-5-11(20-3)7-10(12)2/h5-8H,4,9H2,1-3H3,(H,17,18,19). The highest BCUT2D eigenvalue weighted by Gasteiger charge is 2.06. The van der Waals surface area contributed by atoms with Crippen LogP contribution in [0.5, 0.6) is 5.75 Å². The molecule has 5 nitrogen and oxygen atoms in total. The number of hydrogen-bond donors (Lipinski definition) is 1. The molecule has 1 heterocycles. The van der Waals surface area contributed by atoms with Crippen LogP contribution in [-0.4, -0.2) is 23.7 Å². The molecule has 21 heavy (non-hydrogen) atoms. The number of aromatic nitrogens is 2. The molecule has 0 amide bonds. The molecule has 0 fully saturated rings. The van der Waals surface area contributed by atoms with Crippen molar-refractivity contribution in [2.24, 2.45) is 0 Å². The highest BCUT2D eigenvalue weighted by Crippen LogP contribution is 2.24. The van der Waals surface area contributed by atoms with Crippen molar-refractivity contribution in [3.8, 4) is 5.75 Å². The van der Waals surface area contributed by atoms with Gasteiger partial charge in [0.05, 0.1) is 7.11 Å². The van der Waals surface area contributed by atoms with E-state index in [2.05, 4.69) is 15.3 Å². The molecule has 0 unspecified atom stereocenters. The van der Waals surface area contributed by atoms with Crippen LogP contribution in [0.25, 0.3) is 0 Å². The summed E-state index contributed by atoms with van der Waals surface area (Å²) in [5.74, 6) is 2.01. The second-order valence-corrected chi connectivity index (χ2v) is 4.82. The van der Waals surface area contributed by atoms with Gasteiger partial charge in [0.2, 0.25) is 0 Å². The summed E-state index contributed by atoms with van der Waals surface area (Å²) < 4.78 is 10.5. The molecule has 0 bridgehead atoms. The maximum Gasteiger partial charge on any atom is 0.158 e.